The summed E-state index contributed by atoms with van der Waals surface area (Å²) in [6.07, 6.45) is 5.92. The molecule has 0 atom stereocenters. The van der Waals surface area contributed by atoms with E-state index in [0.29, 0.717) is 16.6 Å². The molecule has 1 aromatic carbocycles. The van der Waals surface area contributed by atoms with Crippen molar-refractivity contribution in [3.8, 4) is 11.1 Å². The number of hydrogen-bond acceptors (Lipinski definition) is 3. The fourth-order valence-corrected chi connectivity index (χ4v) is 3.40. The number of nitrogens with one attached hydrogen (secondary N) is 1. The second-order valence-corrected chi connectivity index (χ2v) is 6.25. The van der Waals surface area contributed by atoms with Crippen LogP contribution in [-0.4, -0.2) is 33.9 Å². The first-order valence-corrected chi connectivity index (χ1v) is 8.21. The van der Waals surface area contributed by atoms with E-state index in [1.807, 2.05) is 12.1 Å². The number of primary amides is 1. The molecule has 0 spiro atoms. The molecule has 2 aromatic heterocycles. The van der Waals surface area contributed by atoms with E-state index in [1.54, 1.807) is 12.4 Å². The number of fused-ring (bicyclic) bond motifs is 1. The number of amides is 1. The van der Waals surface area contributed by atoms with Gasteiger partial charge in [-0.2, -0.15) is 0 Å². The minimum atomic E-state index is -0.464. The first-order valence-electron chi connectivity index (χ1n) is 8.21. The van der Waals surface area contributed by atoms with Gasteiger partial charge in [0, 0.05) is 36.0 Å². The van der Waals surface area contributed by atoms with Crippen LogP contribution in [0.1, 0.15) is 28.8 Å². The monoisotopic (exact) mass is 319 g/mol. The molecule has 1 radical (unpaired) electrons. The quantitative estimate of drug-likeness (QED) is 0.776. The summed E-state index contributed by atoms with van der Waals surface area (Å²) in [6.45, 7) is 3.33. The standard InChI is InChI=1S/C19H19N4O/c20-18(24)17-15-7-8-21-19(15)22-11-16(17)14-5-3-13(4-6-14)12-23-9-1-2-10-23/h3-6,8,11H,1-2,9-10,12H2,(H2,20,24)(H,21,22). The van der Waals surface area contributed by atoms with Gasteiger partial charge in [0.2, 0.25) is 5.91 Å². The molecular formula is C19H19N4O. The number of nitrogens with zero attached hydrogens (tertiary/aromatic N) is 2. The highest BCUT2D eigenvalue weighted by molar-refractivity contribution is 6.10. The van der Waals surface area contributed by atoms with Crippen LogP contribution in [-0.2, 0) is 6.54 Å². The van der Waals surface area contributed by atoms with Gasteiger partial charge < -0.3 is 10.7 Å². The Bertz CT molecular complexity index is 876. The molecule has 3 aromatic rings. The SMILES string of the molecule is NC(=O)c1c(-c2ccc(CN3CCCC3)cc2)cnc2[nH]c[c]c12. The predicted octanol–water partition coefficient (Wildman–Crippen LogP) is 2.72. The number of H-pyrrole nitrogens is 1. The van der Waals surface area contributed by atoms with E-state index in [-0.39, 0.29) is 0 Å². The Balaban J connectivity index is 1.69. The summed E-state index contributed by atoms with van der Waals surface area (Å²) in [7, 11) is 0. The predicted molar refractivity (Wildman–Crippen MR) is 93.4 cm³/mol. The van der Waals surface area contributed by atoms with Crippen molar-refractivity contribution in [1.82, 2.24) is 14.9 Å². The first-order chi connectivity index (χ1) is 11.7. The molecule has 4 rings (SSSR count). The molecule has 3 N–H and O–H groups in total. The Morgan fingerprint density at radius 1 is 1.25 bits per heavy atom. The molecule has 0 aliphatic carbocycles. The molecule has 1 saturated heterocycles. The second kappa shape index (κ2) is 6.09. The Morgan fingerprint density at radius 2 is 2.00 bits per heavy atom. The van der Waals surface area contributed by atoms with Crippen LogP contribution >= 0.6 is 0 Å². The van der Waals surface area contributed by atoms with Gasteiger partial charge in [-0.05, 0) is 37.1 Å². The van der Waals surface area contributed by atoms with E-state index < -0.39 is 5.91 Å². The van der Waals surface area contributed by atoms with Crippen LogP contribution in [0.15, 0.2) is 36.7 Å². The lowest BCUT2D eigenvalue weighted by Gasteiger charge is -2.15. The number of carbonyl (C=O) groups excluding carboxylic acids is 1. The van der Waals surface area contributed by atoms with Crippen LogP contribution in [0.2, 0.25) is 0 Å². The second-order valence-electron chi connectivity index (χ2n) is 6.25. The van der Waals surface area contributed by atoms with Gasteiger partial charge in [-0.25, -0.2) is 4.98 Å². The van der Waals surface area contributed by atoms with E-state index >= 15 is 0 Å². The van der Waals surface area contributed by atoms with Crippen molar-refractivity contribution in [3.63, 3.8) is 0 Å². The number of likely N-dealkylation sites (tertiary alicyclic amines) is 1. The van der Waals surface area contributed by atoms with Crippen LogP contribution in [0.3, 0.4) is 0 Å². The Morgan fingerprint density at radius 3 is 2.71 bits per heavy atom. The van der Waals surface area contributed by atoms with E-state index in [0.717, 1.165) is 17.7 Å². The molecule has 0 unspecified atom stereocenters. The van der Waals surface area contributed by atoms with E-state index in [1.165, 1.54) is 31.5 Å². The number of nitrogens with two attached hydrogens (primary N) is 1. The molecule has 5 nitrogen and oxygen atoms in total. The topological polar surface area (TPSA) is 75.0 Å². The summed E-state index contributed by atoms with van der Waals surface area (Å²) in [6, 6.07) is 11.3. The van der Waals surface area contributed by atoms with Gasteiger partial charge in [-0.15, -0.1) is 0 Å². The van der Waals surface area contributed by atoms with Crippen LogP contribution in [0.25, 0.3) is 22.2 Å². The molecule has 1 amide bonds. The lowest BCUT2D eigenvalue weighted by molar-refractivity contribution is 0.100. The summed E-state index contributed by atoms with van der Waals surface area (Å²) >= 11 is 0. The van der Waals surface area contributed by atoms with Gasteiger partial charge in [0.15, 0.2) is 0 Å². The molecule has 3 heterocycles. The van der Waals surface area contributed by atoms with Gasteiger partial charge in [0.05, 0.1) is 5.56 Å². The van der Waals surface area contributed by atoms with E-state index in [2.05, 4.69) is 33.1 Å². The maximum Gasteiger partial charge on any atom is 0.250 e. The van der Waals surface area contributed by atoms with Crippen LogP contribution in [0, 0.1) is 6.07 Å². The number of carbonyl (C=O) groups is 1. The number of aromatic amines is 1. The fourth-order valence-electron chi connectivity index (χ4n) is 3.40. The van der Waals surface area contributed by atoms with Gasteiger partial charge >= 0.3 is 0 Å². The summed E-state index contributed by atoms with van der Waals surface area (Å²) < 4.78 is 0. The number of benzene rings is 1. The average Bonchev–Trinajstić information content (AvgIpc) is 3.25. The van der Waals surface area contributed by atoms with Crippen molar-refractivity contribution < 1.29 is 4.79 Å². The Kier molecular flexibility index (Phi) is 3.78. The van der Waals surface area contributed by atoms with Crippen LogP contribution < -0.4 is 5.73 Å². The zero-order valence-electron chi connectivity index (χ0n) is 13.4. The van der Waals surface area contributed by atoms with Crippen molar-refractivity contribution in [3.05, 3.63) is 53.9 Å². The maximum absolute atomic E-state index is 12.0. The van der Waals surface area contributed by atoms with Crippen LogP contribution in [0.4, 0.5) is 0 Å². The molecule has 1 fully saturated rings. The van der Waals surface area contributed by atoms with Gasteiger partial charge in [0.1, 0.15) is 5.65 Å². The van der Waals surface area contributed by atoms with Crippen molar-refractivity contribution in [1.29, 1.82) is 0 Å². The molecule has 1 aliphatic rings. The Hall–Kier alpha value is -2.66. The number of aromatic nitrogens is 2. The smallest absolute Gasteiger partial charge is 0.250 e. The van der Waals surface area contributed by atoms with Crippen molar-refractivity contribution in [2.24, 2.45) is 5.73 Å². The molecule has 1 aliphatic heterocycles. The summed E-state index contributed by atoms with van der Waals surface area (Å²) in [5.41, 5.74) is 9.67. The first kappa shape index (κ1) is 14.9. The zero-order valence-corrected chi connectivity index (χ0v) is 13.4. The molecular weight excluding hydrogens is 300 g/mol. The third-order valence-electron chi connectivity index (χ3n) is 4.62. The highest BCUT2D eigenvalue weighted by Gasteiger charge is 2.16. The third-order valence-corrected chi connectivity index (χ3v) is 4.62. The summed E-state index contributed by atoms with van der Waals surface area (Å²) in [5.74, 6) is -0.464. The van der Waals surface area contributed by atoms with E-state index in [9.17, 15) is 4.79 Å². The van der Waals surface area contributed by atoms with Gasteiger partial charge in [-0.3, -0.25) is 9.69 Å². The molecule has 0 bridgehead atoms. The lowest BCUT2D eigenvalue weighted by atomic mass is 9.98. The fraction of sp³-hybridized carbons (Fsp3) is 0.263. The summed E-state index contributed by atoms with van der Waals surface area (Å²) in [4.78, 5) is 21.7. The Labute approximate surface area is 140 Å². The highest BCUT2D eigenvalue weighted by Crippen LogP contribution is 2.28. The van der Waals surface area contributed by atoms with Crippen molar-refractivity contribution in [2.75, 3.05) is 13.1 Å². The van der Waals surface area contributed by atoms with Gasteiger partial charge in [0.25, 0.3) is 0 Å². The van der Waals surface area contributed by atoms with E-state index in [4.69, 9.17) is 5.73 Å². The normalized spacial score (nSPS) is 15.2. The third kappa shape index (κ3) is 2.67. The maximum atomic E-state index is 12.0. The zero-order chi connectivity index (χ0) is 16.5. The number of rotatable bonds is 4. The molecule has 24 heavy (non-hydrogen) atoms. The average molecular weight is 319 g/mol. The number of hydrogen-bond donors (Lipinski definition) is 2. The number of pyridine rings is 1. The van der Waals surface area contributed by atoms with Crippen molar-refractivity contribution in [2.45, 2.75) is 19.4 Å². The molecule has 0 saturated carbocycles. The lowest BCUT2D eigenvalue weighted by Crippen LogP contribution is -2.18. The summed E-state index contributed by atoms with van der Waals surface area (Å²) in [5, 5.41) is 0.640. The minimum Gasteiger partial charge on any atom is -0.366 e. The van der Waals surface area contributed by atoms with Crippen LogP contribution in [0.5, 0.6) is 0 Å². The largest absolute Gasteiger partial charge is 0.366 e. The highest BCUT2D eigenvalue weighted by atomic mass is 16.1. The molecule has 5 heteroatoms. The minimum absolute atomic E-state index is 0.464. The van der Waals surface area contributed by atoms with Crippen molar-refractivity contribution >= 4 is 16.9 Å². The van der Waals surface area contributed by atoms with Gasteiger partial charge in [-0.1, -0.05) is 24.3 Å². The molecule has 121 valence electrons.